The minimum atomic E-state index is -0.208. The normalized spacial score (nSPS) is 12.5. The summed E-state index contributed by atoms with van der Waals surface area (Å²) in [4.78, 5) is 11.1. The predicted molar refractivity (Wildman–Crippen MR) is 48.5 cm³/mol. The monoisotopic (exact) mass is 190 g/mol. The van der Waals surface area contributed by atoms with Crippen molar-refractivity contribution in [2.45, 2.75) is 13.8 Å². The van der Waals surface area contributed by atoms with E-state index in [0.29, 0.717) is 26.4 Å². The van der Waals surface area contributed by atoms with Crippen LogP contribution in [0.25, 0.3) is 0 Å². The van der Waals surface area contributed by atoms with Gasteiger partial charge in [-0.2, -0.15) is 0 Å². The zero-order valence-corrected chi connectivity index (χ0v) is 8.54. The molecule has 0 fully saturated rings. The third kappa shape index (κ3) is 6.54. The minimum Gasteiger partial charge on any atom is -0.466 e. The Balaban J connectivity index is 3.38. The lowest BCUT2D eigenvalue weighted by Crippen LogP contribution is -2.20. The van der Waals surface area contributed by atoms with Crippen molar-refractivity contribution < 1.29 is 19.0 Å². The Labute approximate surface area is 79.2 Å². The molecule has 0 bridgehead atoms. The Bertz CT molecular complexity index is 136. The van der Waals surface area contributed by atoms with Gasteiger partial charge in [0.2, 0.25) is 0 Å². The van der Waals surface area contributed by atoms with Gasteiger partial charge in [-0.15, -0.1) is 0 Å². The second-order valence-electron chi connectivity index (χ2n) is 2.72. The van der Waals surface area contributed by atoms with Crippen molar-refractivity contribution in [3.8, 4) is 0 Å². The van der Waals surface area contributed by atoms with Crippen LogP contribution in [-0.2, 0) is 19.0 Å². The Morgan fingerprint density at radius 2 is 2.08 bits per heavy atom. The zero-order valence-electron chi connectivity index (χ0n) is 8.54. The predicted octanol–water partition coefficient (Wildman–Crippen LogP) is 0.849. The van der Waals surface area contributed by atoms with Crippen LogP contribution in [0, 0.1) is 5.92 Å². The van der Waals surface area contributed by atoms with Gasteiger partial charge in [-0.05, 0) is 13.8 Å². The number of carbonyl (C=O) groups is 1. The van der Waals surface area contributed by atoms with Crippen molar-refractivity contribution in [3.05, 3.63) is 0 Å². The molecule has 0 saturated heterocycles. The van der Waals surface area contributed by atoms with Gasteiger partial charge < -0.3 is 14.2 Å². The maximum Gasteiger partial charge on any atom is 0.310 e. The molecule has 0 rings (SSSR count). The van der Waals surface area contributed by atoms with E-state index in [2.05, 4.69) is 0 Å². The topological polar surface area (TPSA) is 44.8 Å². The first-order valence-electron chi connectivity index (χ1n) is 4.45. The van der Waals surface area contributed by atoms with Gasteiger partial charge in [0.15, 0.2) is 0 Å². The molecule has 0 radical (unpaired) electrons. The quantitative estimate of drug-likeness (QED) is 0.441. The highest BCUT2D eigenvalue weighted by Gasteiger charge is 2.13. The smallest absolute Gasteiger partial charge is 0.310 e. The highest BCUT2D eigenvalue weighted by molar-refractivity contribution is 5.72. The summed E-state index contributed by atoms with van der Waals surface area (Å²) in [6.45, 7) is 5.44. The fourth-order valence-electron chi connectivity index (χ4n) is 0.755. The molecule has 78 valence electrons. The molecule has 0 aromatic heterocycles. The van der Waals surface area contributed by atoms with Crippen LogP contribution in [0.15, 0.2) is 0 Å². The van der Waals surface area contributed by atoms with E-state index in [-0.39, 0.29) is 11.9 Å². The summed E-state index contributed by atoms with van der Waals surface area (Å²) in [5.41, 5.74) is 0. The first-order chi connectivity index (χ1) is 6.22. The summed E-state index contributed by atoms with van der Waals surface area (Å²) in [5.74, 6) is -0.406. The fraction of sp³-hybridized carbons (Fsp3) is 0.889. The average Bonchev–Trinajstić information content (AvgIpc) is 2.12. The van der Waals surface area contributed by atoms with Crippen molar-refractivity contribution >= 4 is 5.97 Å². The lowest BCUT2D eigenvalue weighted by Gasteiger charge is -2.10. The molecule has 0 heterocycles. The maximum absolute atomic E-state index is 11.1. The Morgan fingerprint density at radius 1 is 1.38 bits per heavy atom. The van der Waals surface area contributed by atoms with Crippen LogP contribution in [0.4, 0.5) is 0 Å². The Morgan fingerprint density at radius 3 is 2.62 bits per heavy atom. The van der Waals surface area contributed by atoms with Crippen LogP contribution in [0.5, 0.6) is 0 Å². The van der Waals surface area contributed by atoms with E-state index < -0.39 is 0 Å². The summed E-state index contributed by atoms with van der Waals surface area (Å²) in [5, 5.41) is 0. The van der Waals surface area contributed by atoms with Gasteiger partial charge in [0.05, 0.1) is 32.3 Å². The fourth-order valence-corrected chi connectivity index (χ4v) is 0.755. The zero-order chi connectivity index (χ0) is 10.1. The molecule has 4 nitrogen and oxygen atoms in total. The maximum atomic E-state index is 11.1. The number of esters is 1. The van der Waals surface area contributed by atoms with Crippen molar-refractivity contribution in [2.75, 3.05) is 33.5 Å². The van der Waals surface area contributed by atoms with Crippen LogP contribution >= 0.6 is 0 Å². The second kappa shape index (κ2) is 8.01. The lowest BCUT2D eigenvalue weighted by atomic mass is 10.2. The molecule has 0 aliphatic heterocycles. The summed E-state index contributed by atoms with van der Waals surface area (Å²) in [6.07, 6.45) is 0. The Hall–Kier alpha value is -0.610. The van der Waals surface area contributed by atoms with Gasteiger partial charge >= 0.3 is 5.97 Å². The molecular weight excluding hydrogens is 172 g/mol. The number of hydrogen-bond acceptors (Lipinski definition) is 4. The van der Waals surface area contributed by atoms with E-state index in [1.165, 1.54) is 0 Å². The van der Waals surface area contributed by atoms with Gasteiger partial charge in [0.25, 0.3) is 0 Å². The largest absolute Gasteiger partial charge is 0.466 e. The molecule has 0 saturated carbocycles. The van der Waals surface area contributed by atoms with E-state index in [1.807, 2.05) is 0 Å². The molecule has 0 aromatic carbocycles. The molecule has 0 aliphatic rings. The molecule has 4 heteroatoms. The van der Waals surface area contributed by atoms with E-state index in [0.717, 1.165) is 0 Å². The first kappa shape index (κ1) is 12.4. The molecule has 0 aromatic rings. The molecule has 1 atom stereocenters. The molecule has 0 N–H and O–H groups in total. The third-order valence-corrected chi connectivity index (χ3v) is 1.49. The standard InChI is InChI=1S/C9H18O4/c1-4-13-9(10)8(2)7-12-6-5-11-3/h8H,4-7H2,1-3H3. The Kier molecular flexibility index (Phi) is 7.63. The highest BCUT2D eigenvalue weighted by Crippen LogP contribution is 1.99. The van der Waals surface area contributed by atoms with Gasteiger partial charge in [-0.25, -0.2) is 0 Å². The summed E-state index contributed by atoms with van der Waals surface area (Å²) < 4.78 is 14.8. The van der Waals surface area contributed by atoms with Crippen molar-refractivity contribution in [1.29, 1.82) is 0 Å². The van der Waals surface area contributed by atoms with Crippen molar-refractivity contribution in [2.24, 2.45) is 5.92 Å². The summed E-state index contributed by atoms with van der Waals surface area (Å²) >= 11 is 0. The van der Waals surface area contributed by atoms with E-state index in [1.54, 1.807) is 21.0 Å². The van der Waals surface area contributed by atoms with Crippen LogP contribution in [-0.4, -0.2) is 39.5 Å². The average molecular weight is 190 g/mol. The SMILES string of the molecule is CCOC(=O)C(C)COCCOC. The molecule has 13 heavy (non-hydrogen) atoms. The van der Waals surface area contributed by atoms with Crippen LogP contribution < -0.4 is 0 Å². The van der Waals surface area contributed by atoms with Crippen LogP contribution in [0.3, 0.4) is 0 Å². The molecule has 0 spiro atoms. The summed E-state index contributed by atoms with van der Waals surface area (Å²) in [6, 6.07) is 0. The number of hydrogen-bond donors (Lipinski definition) is 0. The van der Waals surface area contributed by atoms with Crippen molar-refractivity contribution in [3.63, 3.8) is 0 Å². The number of ether oxygens (including phenoxy) is 3. The lowest BCUT2D eigenvalue weighted by molar-refractivity contribution is -0.149. The number of methoxy groups -OCH3 is 1. The highest BCUT2D eigenvalue weighted by atomic mass is 16.5. The molecular formula is C9H18O4. The van der Waals surface area contributed by atoms with Gasteiger partial charge in [0.1, 0.15) is 0 Å². The number of carbonyl (C=O) groups excluding carboxylic acids is 1. The van der Waals surface area contributed by atoms with Gasteiger partial charge in [-0.3, -0.25) is 4.79 Å². The van der Waals surface area contributed by atoms with Crippen LogP contribution in [0.1, 0.15) is 13.8 Å². The first-order valence-corrected chi connectivity index (χ1v) is 4.45. The van der Waals surface area contributed by atoms with Gasteiger partial charge in [-0.1, -0.05) is 0 Å². The molecule has 0 aliphatic carbocycles. The molecule has 0 amide bonds. The molecule has 1 unspecified atom stereocenters. The third-order valence-electron chi connectivity index (χ3n) is 1.49. The summed E-state index contributed by atoms with van der Waals surface area (Å²) in [7, 11) is 1.61. The number of rotatable bonds is 7. The second-order valence-corrected chi connectivity index (χ2v) is 2.72. The van der Waals surface area contributed by atoms with E-state index >= 15 is 0 Å². The van der Waals surface area contributed by atoms with Crippen molar-refractivity contribution in [1.82, 2.24) is 0 Å². The minimum absolute atomic E-state index is 0.197. The van der Waals surface area contributed by atoms with Gasteiger partial charge in [0, 0.05) is 7.11 Å². The van der Waals surface area contributed by atoms with E-state index in [9.17, 15) is 4.79 Å². The van der Waals surface area contributed by atoms with E-state index in [4.69, 9.17) is 14.2 Å². The van der Waals surface area contributed by atoms with Crippen LogP contribution in [0.2, 0.25) is 0 Å².